The molecule has 20 heavy (non-hydrogen) atoms. The predicted molar refractivity (Wildman–Crippen MR) is 85.6 cm³/mol. The molecule has 4 heteroatoms. The Bertz CT molecular complexity index is 443. The number of rotatable bonds is 6. The third kappa shape index (κ3) is 4.53. The molecule has 0 aliphatic carbocycles. The second-order valence-electron chi connectivity index (χ2n) is 5.94. The molecule has 0 saturated heterocycles. The molecule has 0 aliphatic heterocycles. The van der Waals surface area contributed by atoms with E-state index in [1.807, 2.05) is 25.1 Å². The summed E-state index contributed by atoms with van der Waals surface area (Å²) in [6, 6.07) is 7.47. The first-order chi connectivity index (χ1) is 9.32. The maximum atomic E-state index is 12.4. The third-order valence-corrected chi connectivity index (χ3v) is 3.33. The molecule has 1 unspecified atom stereocenters. The lowest BCUT2D eigenvalue weighted by molar-refractivity contribution is -0.121. The van der Waals surface area contributed by atoms with Crippen molar-refractivity contribution in [1.29, 1.82) is 0 Å². The molecule has 4 nitrogen and oxygen atoms in total. The Kier molecular flexibility index (Phi) is 6.02. The lowest BCUT2D eigenvalue weighted by Crippen LogP contribution is -2.47. The number of hydrogen-bond donors (Lipinski definition) is 2. The number of para-hydroxylation sites is 2. The summed E-state index contributed by atoms with van der Waals surface area (Å²) in [4.78, 5) is 14.6. The summed E-state index contributed by atoms with van der Waals surface area (Å²) < 4.78 is 0. The Balaban J connectivity index is 2.77. The Morgan fingerprint density at radius 3 is 2.30 bits per heavy atom. The summed E-state index contributed by atoms with van der Waals surface area (Å²) >= 11 is 0. The number of carbonyl (C=O) groups excluding carboxylic acids is 1. The van der Waals surface area contributed by atoms with Gasteiger partial charge >= 0.3 is 0 Å². The van der Waals surface area contributed by atoms with Gasteiger partial charge in [0.15, 0.2) is 0 Å². The van der Waals surface area contributed by atoms with E-state index in [4.69, 9.17) is 5.73 Å². The van der Waals surface area contributed by atoms with Gasteiger partial charge in [-0.05, 0) is 38.8 Å². The fourth-order valence-corrected chi connectivity index (χ4v) is 2.24. The van der Waals surface area contributed by atoms with E-state index in [1.165, 1.54) is 0 Å². The van der Waals surface area contributed by atoms with Crippen LogP contribution in [-0.2, 0) is 4.79 Å². The van der Waals surface area contributed by atoms with E-state index in [-0.39, 0.29) is 11.9 Å². The Morgan fingerprint density at radius 2 is 1.80 bits per heavy atom. The normalized spacial score (nSPS) is 13.0. The van der Waals surface area contributed by atoms with E-state index in [9.17, 15) is 4.79 Å². The van der Waals surface area contributed by atoms with Crippen LogP contribution >= 0.6 is 0 Å². The number of benzene rings is 1. The molecule has 1 amide bonds. The molecule has 3 N–H and O–H groups in total. The number of hydrogen-bond acceptors (Lipinski definition) is 3. The molecule has 0 fully saturated rings. The van der Waals surface area contributed by atoms with Crippen LogP contribution < -0.4 is 11.1 Å². The van der Waals surface area contributed by atoms with Crippen molar-refractivity contribution in [3.63, 3.8) is 0 Å². The fourth-order valence-electron chi connectivity index (χ4n) is 2.24. The van der Waals surface area contributed by atoms with E-state index in [0.717, 1.165) is 6.54 Å². The van der Waals surface area contributed by atoms with Crippen LogP contribution in [0.1, 0.15) is 34.6 Å². The highest BCUT2D eigenvalue weighted by molar-refractivity contribution is 5.97. The zero-order valence-corrected chi connectivity index (χ0v) is 13.2. The Morgan fingerprint density at radius 1 is 1.20 bits per heavy atom. The first-order valence-corrected chi connectivity index (χ1v) is 7.24. The molecule has 0 bridgehead atoms. The molecule has 1 rings (SSSR count). The molecule has 112 valence electrons. The molecule has 0 spiro atoms. The van der Waals surface area contributed by atoms with Gasteiger partial charge in [-0.3, -0.25) is 9.69 Å². The fraction of sp³-hybridized carbons (Fsp3) is 0.562. The molecule has 0 heterocycles. The van der Waals surface area contributed by atoms with Crippen molar-refractivity contribution < 1.29 is 4.79 Å². The second-order valence-corrected chi connectivity index (χ2v) is 5.94. The van der Waals surface area contributed by atoms with Gasteiger partial charge < -0.3 is 11.1 Å². The molecule has 1 aromatic carbocycles. The van der Waals surface area contributed by atoms with E-state index in [0.29, 0.717) is 23.3 Å². The van der Waals surface area contributed by atoms with Gasteiger partial charge in [0.1, 0.15) is 0 Å². The van der Waals surface area contributed by atoms with Gasteiger partial charge in [0.25, 0.3) is 0 Å². The van der Waals surface area contributed by atoms with Crippen LogP contribution in [0.5, 0.6) is 0 Å². The smallest absolute Gasteiger partial charge is 0.241 e. The zero-order chi connectivity index (χ0) is 15.3. The van der Waals surface area contributed by atoms with Crippen molar-refractivity contribution in [1.82, 2.24) is 4.90 Å². The lowest BCUT2D eigenvalue weighted by Gasteiger charge is -2.33. The largest absolute Gasteiger partial charge is 0.397 e. The van der Waals surface area contributed by atoms with Gasteiger partial charge in [0.05, 0.1) is 17.4 Å². The average Bonchev–Trinajstić information content (AvgIpc) is 2.37. The summed E-state index contributed by atoms with van der Waals surface area (Å²) in [5.74, 6) is 0.506. The summed E-state index contributed by atoms with van der Waals surface area (Å²) in [6.45, 7) is 11.4. The van der Waals surface area contributed by atoms with E-state index >= 15 is 0 Å². The summed E-state index contributed by atoms with van der Waals surface area (Å²) in [5.41, 5.74) is 7.13. The number of nitrogen functional groups attached to an aromatic ring is 1. The topological polar surface area (TPSA) is 58.4 Å². The first-order valence-electron chi connectivity index (χ1n) is 7.24. The molecule has 1 aromatic rings. The second kappa shape index (κ2) is 7.29. The third-order valence-electron chi connectivity index (χ3n) is 3.33. The standard InChI is InChI=1S/C16H27N3O/c1-11(2)10-19(12(3)4)13(5)16(20)18-15-9-7-6-8-14(15)17/h6-9,11-13H,10,17H2,1-5H3,(H,18,20). The van der Waals surface area contributed by atoms with E-state index in [2.05, 4.69) is 37.9 Å². The maximum Gasteiger partial charge on any atom is 0.241 e. The lowest BCUT2D eigenvalue weighted by atomic mass is 10.1. The highest BCUT2D eigenvalue weighted by Crippen LogP contribution is 2.18. The van der Waals surface area contributed by atoms with Crippen molar-refractivity contribution >= 4 is 17.3 Å². The minimum absolute atomic E-state index is 0.0164. The van der Waals surface area contributed by atoms with Crippen LogP contribution in [0.15, 0.2) is 24.3 Å². The van der Waals surface area contributed by atoms with E-state index in [1.54, 1.807) is 6.07 Å². The molecule has 0 radical (unpaired) electrons. The van der Waals surface area contributed by atoms with Crippen molar-refractivity contribution in [3.05, 3.63) is 24.3 Å². The molecular weight excluding hydrogens is 250 g/mol. The molecule has 0 aliphatic rings. The Labute approximate surface area is 122 Å². The Hall–Kier alpha value is -1.55. The van der Waals surface area contributed by atoms with Crippen LogP contribution in [0, 0.1) is 5.92 Å². The number of carbonyl (C=O) groups is 1. The van der Waals surface area contributed by atoms with Gasteiger partial charge in [-0.25, -0.2) is 0 Å². The van der Waals surface area contributed by atoms with Crippen LogP contribution in [0.4, 0.5) is 11.4 Å². The number of nitrogens with two attached hydrogens (primary N) is 1. The quantitative estimate of drug-likeness (QED) is 0.786. The molecule has 0 saturated carbocycles. The minimum atomic E-state index is -0.183. The minimum Gasteiger partial charge on any atom is -0.397 e. The number of nitrogens with one attached hydrogen (secondary N) is 1. The van der Waals surface area contributed by atoms with Gasteiger partial charge in [-0.2, -0.15) is 0 Å². The van der Waals surface area contributed by atoms with Gasteiger partial charge in [0.2, 0.25) is 5.91 Å². The van der Waals surface area contributed by atoms with Gasteiger partial charge in [0, 0.05) is 12.6 Å². The number of anilines is 2. The van der Waals surface area contributed by atoms with Crippen LogP contribution in [-0.4, -0.2) is 29.4 Å². The number of nitrogens with zero attached hydrogens (tertiary/aromatic N) is 1. The van der Waals surface area contributed by atoms with Crippen LogP contribution in [0.25, 0.3) is 0 Å². The summed E-state index contributed by atoms with van der Waals surface area (Å²) in [7, 11) is 0. The highest BCUT2D eigenvalue weighted by atomic mass is 16.2. The maximum absolute atomic E-state index is 12.4. The monoisotopic (exact) mass is 277 g/mol. The van der Waals surface area contributed by atoms with Crippen molar-refractivity contribution in [3.8, 4) is 0 Å². The average molecular weight is 277 g/mol. The molecule has 0 aromatic heterocycles. The summed E-state index contributed by atoms with van der Waals surface area (Å²) in [5, 5.41) is 2.91. The van der Waals surface area contributed by atoms with Gasteiger partial charge in [-0.1, -0.05) is 26.0 Å². The van der Waals surface area contributed by atoms with Crippen molar-refractivity contribution in [2.75, 3.05) is 17.6 Å². The van der Waals surface area contributed by atoms with Gasteiger partial charge in [-0.15, -0.1) is 0 Å². The first kappa shape index (κ1) is 16.5. The summed E-state index contributed by atoms with van der Waals surface area (Å²) in [6.07, 6.45) is 0. The predicted octanol–water partition coefficient (Wildman–Crippen LogP) is 2.96. The molecule has 1 atom stereocenters. The van der Waals surface area contributed by atoms with Crippen LogP contribution in [0.2, 0.25) is 0 Å². The van der Waals surface area contributed by atoms with E-state index < -0.39 is 0 Å². The molecular formula is C16H27N3O. The van der Waals surface area contributed by atoms with Crippen molar-refractivity contribution in [2.24, 2.45) is 5.92 Å². The van der Waals surface area contributed by atoms with Crippen LogP contribution in [0.3, 0.4) is 0 Å². The SMILES string of the molecule is CC(C)CN(C(C)C)C(C)C(=O)Nc1ccccc1N. The highest BCUT2D eigenvalue weighted by Gasteiger charge is 2.24. The zero-order valence-electron chi connectivity index (χ0n) is 13.2. The number of amides is 1. The van der Waals surface area contributed by atoms with Crippen molar-refractivity contribution in [2.45, 2.75) is 46.7 Å².